The van der Waals surface area contributed by atoms with Gasteiger partial charge in [0.05, 0.1) is 17.7 Å². The second kappa shape index (κ2) is 8.28. The molecule has 2 saturated heterocycles. The van der Waals surface area contributed by atoms with E-state index in [1.807, 2.05) is 0 Å². The highest BCUT2D eigenvalue weighted by molar-refractivity contribution is 6.23. The van der Waals surface area contributed by atoms with E-state index in [0.29, 0.717) is 18.3 Å². The number of carbonyl (C=O) groups excluding carboxylic acids is 4. The van der Waals surface area contributed by atoms with Gasteiger partial charge in [-0.25, -0.2) is 0 Å². The summed E-state index contributed by atoms with van der Waals surface area (Å²) in [6.45, 7) is 3.32. The summed E-state index contributed by atoms with van der Waals surface area (Å²) in [4.78, 5) is 52.3. The van der Waals surface area contributed by atoms with Gasteiger partial charge >= 0.3 is 0 Å². The standard InChI is InChI=1S/C22H23N3O5/c1-2-3-9-24-10-8-14(12-24)13-30-15-4-5-16-17(11-15)22(29)25(21(16)28)18-6-7-19(26)23-20(18)27/h1,4-5,11,14,18H,3,6-10,12-13H2,(H,23,26,27). The Morgan fingerprint density at radius 2 is 1.93 bits per heavy atom. The predicted octanol–water partition coefficient (Wildman–Crippen LogP) is 0.812. The number of fused-ring (bicyclic) bond motifs is 1. The van der Waals surface area contributed by atoms with Gasteiger partial charge in [0.2, 0.25) is 11.8 Å². The van der Waals surface area contributed by atoms with Gasteiger partial charge in [0.15, 0.2) is 0 Å². The zero-order valence-electron chi connectivity index (χ0n) is 16.6. The zero-order chi connectivity index (χ0) is 21.3. The number of ether oxygens (including phenoxy) is 1. The van der Waals surface area contributed by atoms with E-state index in [0.717, 1.165) is 37.4 Å². The molecule has 0 saturated carbocycles. The smallest absolute Gasteiger partial charge is 0.262 e. The molecule has 0 aliphatic carbocycles. The highest BCUT2D eigenvalue weighted by Crippen LogP contribution is 2.30. The summed E-state index contributed by atoms with van der Waals surface area (Å²) >= 11 is 0. The monoisotopic (exact) mass is 409 g/mol. The molecule has 8 nitrogen and oxygen atoms in total. The molecule has 3 heterocycles. The lowest BCUT2D eigenvalue weighted by atomic mass is 10.0. The number of amides is 4. The number of likely N-dealkylation sites (tertiary alicyclic amines) is 1. The first-order valence-electron chi connectivity index (χ1n) is 10.1. The normalized spacial score (nSPS) is 24.0. The maximum Gasteiger partial charge on any atom is 0.262 e. The zero-order valence-corrected chi connectivity index (χ0v) is 16.6. The Labute approximate surface area is 174 Å². The Kier molecular flexibility index (Phi) is 5.55. The van der Waals surface area contributed by atoms with E-state index in [9.17, 15) is 19.2 Å². The van der Waals surface area contributed by atoms with Crippen LogP contribution in [0.3, 0.4) is 0 Å². The molecule has 0 bridgehead atoms. The van der Waals surface area contributed by atoms with Gasteiger partial charge in [0.25, 0.3) is 11.8 Å². The predicted molar refractivity (Wildman–Crippen MR) is 107 cm³/mol. The third kappa shape index (κ3) is 3.81. The van der Waals surface area contributed by atoms with Crippen molar-refractivity contribution in [1.82, 2.24) is 15.1 Å². The van der Waals surface area contributed by atoms with Gasteiger partial charge in [-0.3, -0.25) is 29.4 Å². The van der Waals surface area contributed by atoms with Crippen LogP contribution in [0, 0.1) is 18.3 Å². The molecule has 8 heteroatoms. The molecule has 3 aliphatic rings. The van der Waals surface area contributed by atoms with Crippen LogP contribution < -0.4 is 10.1 Å². The first-order valence-corrected chi connectivity index (χ1v) is 10.1. The Morgan fingerprint density at radius 1 is 1.13 bits per heavy atom. The van der Waals surface area contributed by atoms with Gasteiger partial charge in [0.1, 0.15) is 11.8 Å². The molecule has 0 aromatic heterocycles. The molecule has 30 heavy (non-hydrogen) atoms. The van der Waals surface area contributed by atoms with Gasteiger partial charge < -0.3 is 9.64 Å². The largest absolute Gasteiger partial charge is 0.493 e. The van der Waals surface area contributed by atoms with Crippen LogP contribution in [0.1, 0.15) is 46.4 Å². The summed E-state index contributed by atoms with van der Waals surface area (Å²) in [7, 11) is 0. The van der Waals surface area contributed by atoms with Gasteiger partial charge in [-0.2, -0.15) is 0 Å². The lowest BCUT2D eigenvalue weighted by molar-refractivity contribution is -0.136. The third-order valence-electron chi connectivity index (χ3n) is 5.84. The minimum Gasteiger partial charge on any atom is -0.493 e. The molecule has 4 rings (SSSR count). The Hall–Kier alpha value is -3.18. The highest BCUT2D eigenvalue weighted by Gasteiger charge is 2.44. The van der Waals surface area contributed by atoms with Crippen molar-refractivity contribution in [2.45, 2.75) is 31.7 Å². The molecule has 0 radical (unpaired) electrons. The Morgan fingerprint density at radius 3 is 2.70 bits per heavy atom. The first-order chi connectivity index (χ1) is 14.5. The van der Waals surface area contributed by atoms with Crippen molar-refractivity contribution in [3.8, 4) is 18.1 Å². The van der Waals surface area contributed by atoms with Crippen molar-refractivity contribution in [3.05, 3.63) is 29.3 Å². The van der Waals surface area contributed by atoms with Gasteiger partial charge in [-0.15, -0.1) is 12.3 Å². The van der Waals surface area contributed by atoms with Crippen molar-refractivity contribution in [2.75, 3.05) is 26.2 Å². The molecular formula is C22H23N3O5. The molecule has 2 unspecified atom stereocenters. The average molecular weight is 409 g/mol. The van der Waals surface area contributed by atoms with Crippen LogP contribution in [0.4, 0.5) is 0 Å². The van der Waals surface area contributed by atoms with E-state index in [1.165, 1.54) is 0 Å². The summed E-state index contributed by atoms with van der Waals surface area (Å²) in [6.07, 6.45) is 7.31. The fourth-order valence-corrected chi connectivity index (χ4v) is 4.23. The Bertz CT molecular complexity index is 951. The lowest BCUT2D eigenvalue weighted by Crippen LogP contribution is -2.54. The summed E-state index contributed by atoms with van der Waals surface area (Å²) in [6, 6.07) is 3.83. The molecule has 0 spiro atoms. The topological polar surface area (TPSA) is 96.0 Å². The molecule has 156 valence electrons. The minimum absolute atomic E-state index is 0.0952. The fourth-order valence-electron chi connectivity index (χ4n) is 4.23. The number of benzene rings is 1. The van der Waals surface area contributed by atoms with Crippen molar-refractivity contribution in [1.29, 1.82) is 0 Å². The van der Waals surface area contributed by atoms with Crippen molar-refractivity contribution in [3.63, 3.8) is 0 Å². The summed E-state index contributed by atoms with van der Waals surface area (Å²) in [5.74, 6) is 1.49. The van der Waals surface area contributed by atoms with Crippen molar-refractivity contribution >= 4 is 23.6 Å². The second-order valence-electron chi connectivity index (χ2n) is 7.88. The molecule has 2 atom stereocenters. The third-order valence-corrected chi connectivity index (χ3v) is 5.84. The van der Waals surface area contributed by atoms with E-state index < -0.39 is 29.7 Å². The van der Waals surface area contributed by atoms with Gasteiger partial charge in [-0.05, 0) is 37.6 Å². The molecule has 2 fully saturated rings. The number of nitrogens with one attached hydrogen (secondary N) is 1. The molecule has 3 aliphatic heterocycles. The molecule has 1 aromatic carbocycles. The van der Waals surface area contributed by atoms with E-state index >= 15 is 0 Å². The van der Waals surface area contributed by atoms with E-state index in [2.05, 4.69) is 16.1 Å². The SMILES string of the molecule is C#CCCN1CCC(COc2ccc3c(c2)C(=O)N(C2CCC(=O)NC2=O)C3=O)C1. The van der Waals surface area contributed by atoms with E-state index in [4.69, 9.17) is 11.2 Å². The number of piperidine rings is 1. The van der Waals surface area contributed by atoms with Crippen LogP contribution in [-0.4, -0.2) is 65.7 Å². The maximum absolute atomic E-state index is 12.9. The highest BCUT2D eigenvalue weighted by atomic mass is 16.5. The number of imide groups is 2. The second-order valence-corrected chi connectivity index (χ2v) is 7.88. The average Bonchev–Trinajstić information content (AvgIpc) is 3.28. The minimum atomic E-state index is -0.966. The summed E-state index contributed by atoms with van der Waals surface area (Å²) < 4.78 is 5.89. The summed E-state index contributed by atoms with van der Waals surface area (Å²) in [5, 5.41) is 2.19. The number of nitrogens with zero attached hydrogens (tertiary/aromatic N) is 2. The fraction of sp³-hybridized carbons (Fsp3) is 0.455. The summed E-state index contributed by atoms with van der Waals surface area (Å²) in [5.41, 5.74) is 0.475. The van der Waals surface area contributed by atoms with Crippen LogP contribution in [0.2, 0.25) is 0 Å². The quantitative estimate of drug-likeness (QED) is 0.552. The molecule has 4 amide bonds. The molecule has 1 N–H and O–H groups in total. The number of carbonyl (C=O) groups is 4. The van der Waals surface area contributed by atoms with Crippen LogP contribution in [0.25, 0.3) is 0 Å². The van der Waals surface area contributed by atoms with Crippen LogP contribution >= 0.6 is 0 Å². The number of rotatable bonds is 6. The lowest BCUT2D eigenvalue weighted by Gasteiger charge is -2.27. The van der Waals surface area contributed by atoms with E-state index in [1.54, 1.807) is 18.2 Å². The van der Waals surface area contributed by atoms with Crippen LogP contribution in [0.5, 0.6) is 5.75 Å². The number of hydrogen-bond acceptors (Lipinski definition) is 6. The van der Waals surface area contributed by atoms with Gasteiger partial charge in [-0.1, -0.05) is 0 Å². The maximum atomic E-state index is 12.9. The van der Waals surface area contributed by atoms with Crippen molar-refractivity contribution in [2.24, 2.45) is 5.92 Å². The number of terminal acetylenes is 1. The Balaban J connectivity index is 1.41. The molecule has 1 aromatic rings. The number of hydrogen-bond donors (Lipinski definition) is 1. The first kappa shape index (κ1) is 20.1. The van der Waals surface area contributed by atoms with Crippen molar-refractivity contribution < 1.29 is 23.9 Å². The van der Waals surface area contributed by atoms with Gasteiger partial charge in [0, 0.05) is 31.8 Å². The van der Waals surface area contributed by atoms with Crippen LogP contribution in [-0.2, 0) is 9.59 Å². The molecular weight excluding hydrogens is 386 g/mol. The van der Waals surface area contributed by atoms with Crippen LogP contribution in [0.15, 0.2) is 18.2 Å². The van der Waals surface area contributed by atoms with E-state index in [-0.39, 0.29) is 24.0 Å².